The molecule has 0 N–H and O–H groups in total. The van der Waals surface area contributed by atoms with Crippen LogP contribution in [0.4, 0.5) is 0 Å². The number of amides is 1. The highest BCUT2D eigenvalue weighted by Crippen LogP contribution is 2.32. The van der Waals surface area contributed by atoms with Crippen LogP contribution in [0.15, 0.2) is 10.7 Å². The predicted octanol–water partition coefficient (Wildman–Crippen LogP) is 2.77. The molecule has 1 aliphatic rings. The van der Waals surface area contributed by atoms with E-state index in [0.717, 1.165) is 16.9 Å². The monoisotopic (exact) mass is 207 g/mol. The summed E-state index contributed by atoms with van der Waals surface area (Å²) in [6.45, 7) is 8.84. The largest absolute Gasteiger partial charge is 0.466 e. The van der Waals surface area contributed by atoms with E-state index in [1.54, 1.807) is 6.26 Å². The lowest BCUT2D eigenvalue weighted by atomic mass is 10.0. The minimum atomic E-state index is 0.123. The van der Waals surface area contributed by atoms with Crippen LogP contribution in [0.25, 0.3) is 0 Å². The van der Waals surface area contributed by atoms with Gasteiger partial charge in [0.1, 0.15) is 5.76 Å². The molecule has 1 aliphatic heterocycles. The molecule has 15 heavy (non-hydrogen) atoms. The molecule has 2 heterocycles. The Bertz CT molecular complexity index is 390. The second-order valence-electron chi connectivity index (χ2n) is 4.67. The Morgan fingerprint density at radius 1 is 1.33 bits per heavy atom. The molecule has 0 bridgehead atoms. The number of carbonyl (C=O) groups is 1. The van der Waals surface area contributed by atoms with E-state index < -0.39 is 0 Å². The van der Waals surface area contributed by atoms with E-state index in [4.69, 9.17) is 4.42 Å². The minimum Gasteiger partial charge on any atom is -0.466 e. The van der Waals surface area contributed by atoms with E-state index in [1.165, 1.54) is 0 Å². The Kier molecular flexibility index (Phi) is 2.33. The lowest BCUT2D eigenvalue weighted by Crippen LogP contribution is -2.31. The first-order valence-corrected chi connectivity index (χ1v) is 5.43. The van der Waals surface area contributed by atoms with Gasteiger partial charge in [-0.2, -0.15) is 0 Å². The van der Waals surface area contributed by atoms with E-state index in [0.29, 0.717) is 12.5 Å². The molecule has 0 spiro atoms. The van der Waals surface area contributed by atoms with E-state index in [-0.39, 0.29) is 11.9 Å². The van der Waals surface area contributed by atoms with E-state index in [2.05, 4.69) is 13.8 Å². The van der Waals surface area contributed by atoms with Gasteiger partial charge in [-0.05, 0) is 19.8 Å². The number of fused-ring (bicyclic) bond motifs is 1. The summed E-state index contributed by atoms with van der Waals surface area (Å²) in [5.41, 5.74) is 1.84. The normalized spacial score (nSPS) is 15.6. The molecule has 0 aliphatic carbocycles. The molecule has 82 valence electrons. The fourth-order valence-corrected chi connectivity index (χ4v) is 1.98. The number of furan rings is 1. The van der Waals surface area contributed by atoms with E-state index >= 15 is 0 Å². The van der Waals surface area contributed by atoms with Crippen molar-refractivity contribution < 1.29 is 9.21 Å². The van der Waals surface area contributed by atoms with Crippen LogP contribution in [0.2, 0.25) is 0 Å². The second-order valence-corrected chi connectivity index (χ2v) is 4.67. The summed E-state index contributed by atoms with van der Waals surface area (Å²) in [4.78, 5) is 13.9. The van der Waals surface area contributed by atoms with Crippen LogP contribution >= 0.6 is 0 Å². The number of nitrogens with zero attached hydrogens (tertiary/aromatic N) is 1. The van der Waals surface area contributed by atoms with Crippen LogP contribution in [0.1, 0.15) is 55.3 Å². The van der Waals surface area contributed by atoms with Gasteiger partial charge < -0.3 is 9.32 Å². The standard InChI is InChI=1S/C12H17NO2/c1-7(2)9-6-15-10-5-13(8(3)4)12(14)11(9)10/h6-8H,5H2,1-4H3. The number of carbonyl (C=O) groups excluding carboxylic acids is 1. The third-order valence-electron chi connectivity index (χ3n) is 2.93. The summed E-state index contributed by atoms with van der Waals surface area (Å²) in [7, 11) is 0. The quantitative estimate of drug-likeness (QED) is 0.747. The van der Waals surface area contributed by atoms with Crippen molar-refractivity contribution in [1.29, 1.82) is 0 Å². The van der Waals surface area contributed by atoms with Gasteiger partial charge in [0, 0.05) is 11.6 Å². The van der Waals surface area contributed by atoms with Gasteiger partial charge in [-0.15, -0.1) is 0 Å². The molecular formula is C12H17NO2. The van der Waals surface area contributed by atoms with Gasteiger partial charge in [0.2, 0.25) is 0 Å². The van der Waals surface area contributed by atoms with Gasteiger partial charge >= 0.3 is 0 Å². The smallest absolute Gasteiger partial charge is 0.258 e. The molecule has 0 fully saturated rings. The average molecular weight is 207 g/mol. The Labute approximate surface area is 90.1 Å². The predicted molar refractivity (Wildman–Crippen MR) is 57.8 cm³/mol. The molecule has 1 amide bonds. The summed E-state index contributed by atoms with van der Waals surface area (Å²) >= 11 is 0. The maximum Gasteiger partial charge on any atom is 0.258 e. The van der Waals surface area contributed by atoms with Crippen molar-refractivity contribution >= 4 is 5.91 Å². The first kappa shape index (κ1) is 10.3. The van der Waals surface area contributed by atoms with Crippen molar-refractivity contribution in [2.24, 2.45) is 0 Å². The highest BCUT2D eigenvalue weighted by molar-refractivity contribution is 5.99. The molecule has 0 saturated carbocycles. The summed E-state index contributed by atoms with van der Waals surface area (Å²) in [5, 5.41) is 0. The van der Waals surface area contributed by atoms with Gasteiger partial charge in [0.05, 0.1) is 18.4 Å². The molecule has 3 heteroatoms. The minimum absolute atomic E-state index is 0.123. The first-order valence-electron chi connectivity index (χ1n) is 5.43. The van der Waals surface area contributed by atoms with Crippen molar-refractivity contribution in [2.75, 3.05) is 0 Å². The number of hydrogen-bond donors (Lipinski definition) is 0. The van der Waals surface area contributed by atoms with Crippen molar-refractivity contribution in [1.82, 2.24) is 4.90 Å². The average Bonchev–Trinajstić information content (AvgIpc) is 2.66. The summed E-state index contributed by atoms with van der Waals surface area (Å²) in [5.74, 6) is 1.29. The molecule has 0 radical (unpaired) electrons. The lowest BCUT2D eigenvalue weighted by Gasteiger charge is -2.20. The summed E-state index contributed by atoms with van der Waals surface area (Å²) < 4.78 is 5.46. The third-order valence-corrected chi connectivity index (χ3v) is 2.93. The number of rotatable bonds is 2. The van der Waals surface area contributed by atoms with Crippen molar-refractivity contribution in [3.63, 3.8) is 0 Å². The van der Waals surface area contributed by atoms with Crippen molar-refractivity contribution in [3.8, 4) is 0 Å². The maximum absolute atomic E-state index is 12.1. The Balaban J connectivity index is 2.39. The van der Waals surface area contributed by atoms with Gasteiger partial charge in [0.25, 0.3) is 5.91 Å². The SMILES string of the molecule is CC(C)c1coc2c1C(=O)N(C(C)C)C2. The molecule has 0 aromatic carbocycles. The highest BCUT2D eigenvalue weighted by Gasteiger charge is 2.35. The van der Waals surface area contributed by atoms with E-state index in [9.17, 15) is 4.79 Å². The molecule has 0 atom stereocenters. The van der Waals surface area contributed by atoms with Crippen molar-refractivity contribution in [2.45, 2.75) is 46.2 Å². The van der Waals surface area contributed by atoms with Crippen LogP contribution in [0, 0.1) is 0 Å². The van der Waals surface area contributed by atoms with Crippen LogP contribution < -0.4 is 0 Å². The summed E-state index contributed by atoms with van der Waals surface area (Å²) in [6, 6.07) is 0.236. The topological polar surface area (TPSA) is 33.5 Å². The van der Waals surface area contributed by atoms with Gasteiger partial charge in [-0.1, -0.05) is 13.8 Å². The number of hydrogen-bond acceptors (Lipinski definition) is 2. The molecular weight excluding hydrogens is 190 g/mol. The van der Waals surface area contributed by atoms with E-state index in [1.807, 2.05) is 18.7 Å². The van der Waals surface area contributed by atoms with Crippen LogP contribution in [0.5, 0.6) is 0 Å². The zero-order chi connectivity index (χ0) is 11.2. The highest BCUT2D eigenvalue weighted by atomic mass is 16.3. The van der Waals surface area contributed by atoms with Crippen LogP contribution in [0.3, 0.4) is 0 Å². The van der Waals surface area contributed by atoms with Crippen LogP contribution in [-0.2, 0) is 6.54 Å². The third kappa shape index (κ3) is 1.46. The lowest BCUT2D eigenvalue weighted by molar-refractivity contribution is 0.0723. The zero-order valence-electron chi connectivity index (χ0n) is 9.70. The molecule has 0 saturated heterocycles. The van der Waals surface area contributed by atoms with Gasteiger partial charge in [-0.25, -0.2) is 0 Å². The fraction of sp³-hybridized carbons (Fsp3) is 0.583. The van der Waals surface area contributed by atoms with Crippen molar-refractivity contribution in [3.05, 3.63) is 23.2 Å². The zero-order valence-corrected chi connectivity index (χ0v) is 9.70. The molecule has 3 nitrogen and oxygen atoms in total. The Hall–Kier alpha value is -1.25. The van der Waals surface area contributed by atoms with Crippen LogP contribution in [-0.4, -0.2) is 16.8 Å². The first-order chi connectivity index (χ1) is 7.02. The molecule has 1 aromatic heterocycles. The Morgan fingerprint density at radius 3 is 2.53 bits per heavy atom. The Morgan fingerprint density at radius 2 is 2.00 bits per heavy atom. The molecule has 0 unspecified atom stereocenters. The second kappa shape index (κ2) is 3.40. The van der Waals surface area contributed by atoms with Gasteiger partial charge in [0.15, 0.2) is 0 Å². The molecule has 2 rings (SSSR count). The maximum atomic E-state index is 12.1. The van der Waals surface area contributed by atoms with Gasteiger partial charge in [-0.3, -0.25) is 4.79 Å². The fourth-order valence-electron chi connectivity index (χ4n) is 1.98. The summed E-state index contributed by atoms with van der Waals surface area (Å²) in [6.07, 6.45) is 1.73. The molecule has 1 aromatic rings.